The molecule has 0 aliphatic carbocycles. The van der Waals surface area contributed by atoms with E-state index in [1.807, 2.05) is 36.4 Å². The van der Waals surface area contributed by atoms with Crippen LogP contribution in [0.2, 0.25) is 0 Å². The summed E-state index contributed by atoms with van der Waals surface area (Å²) in [6, 6.07) is 14.7. The fourth-order valence-corrected chi connectivity index (χ4v) is 2.73. The summed E-state index contributed by atoms with van der Waals surface area (Å²) in [5.41, 5.74) is 1.70. The van der Waals surface area contributed by atoms with Crippen molar-refractivity contribution in [1.29, 1.82) is 0 Å². The molecule has 8 nitrogen and oxygen atoms in total. The van der Waals surface area contributed by atoms with E-state index in [0.717, 1.165) is 23.3 Å². The van der Waals surface area contributed by atoms with Crippen molar-refractivity contribution in [2.24, 2.45) is 0 Å². The predicted molar refractivity (Wildman–Crippen MR) is 121 cm³/mol. The lowest BCUT2D eigenvalue weighted by Crippen LogP contribution is -2.25. The Morgan fingerprint density at radius 1 is 0.727 bits per heavy atom. The molecule has 0 spiro atoms. The minimum Gasteiger partial charge on any atom is -0.490 e. The van der Waals surface area contributed by atoms with Gasteiger partial charge in [0.1, 0.15) is 50.1 Å². The molecule has 0 fully saturated rings. The van der Waals surface area contributed by atoms with Crippen LogP contribution >= 0.6 is 0 Å². The zero-order valence-electron chi connectivity index (χ0n) is 18.2. The lowest BCUT2D eigenvalue weighted by atomic mass is 10.0. The first kappa shape index (κ1) is 25.6. The standard InChI is InChI=1S/C25H28O8/c1-3-24(28)32-16-20(26)14-30-22-11-7-5-9-18(22)13-19-10-6-8-12-23(19)31-15-21(27)17-33-25(29)4-2/h3-12,20-21,26-27H,1-2,13-17H2. The maximum Gasteiger partial charge on any atom is 0.330 e. The average Bonchev–Trinajstić information content (AvgIpc) is 2.84. The number of hydrogen-bond donors (Lipinski definition) is 2. The third kappa shape index (κ3) is 9.18. The van der Waals surface area contributed by atoms with Gasteiger partial charge in [0.2, 0.25) is 0 Å². The van der Waals surface area contributed by atoms with Crippen LogP contribution in [-0.4, -0.2) is 60.8 Å². The molecule has 176 valence electrons. The van der Waals surface area contributed by atoms with Gasteiger partial charge in [-0.25, -0.2) is 9.59 Å². The van der Waals surface area contributed by atoms with Gasteiger partial charge in [0, 0.05) is 18.6 Å². The van der Waals surface area contributed by atoms with E-state index in [1.165, 1.54) is 0 Å². The Morgan fingerprint density at radius 2 is 1.12 bits per heavy atom. The van der Waals surface area contributed by atoms with Gasteiger partial charge < -0.3 is 29.2 Å². The van der Waals surface area contributed by atoms with E-state index in [4.69, 9.17) is 18.9 Å². The number of aliphatic hydroxyl groups excluding tert-OH is 2. The molecule has 8 heteroatoms. The first-order valence-electron chi connectivity index (χ1n) is 10.3. The molecule has 2 aromatic rings. The molecule has 0 saturated heterocycles. The molecular formula is C25H28O8. The minimum absolute atomic E-state index is 0.0603. The van der Waals surface area contributed by atoms with Gasteiger partial charge in [-0.15, -0.1) is 0 Å². The molecule has 2 N–H and O–H groups in total. The SMILES string of the molecule is C=CC(=O)OCC(O)COc1ccccc1Cc1ccccc1OCC(O)COC(=O)C=C. The monoisotopic (exact) mass is 456 g/mol. The number of ether oxygens (including phenoxy) is 4. The molecule has 0 amide bonds. The second-order valence-electron chi connectivity index (χ2n) is 6.99. The van der Waals surface area contributed by atoms with Gasteiger partial charge in [-0.05, 0) is 23.3 Å². The van der Waals surface area contributed by atoms with Gasteiger partial charge in [-0.2, -0.15) is 0 Å². The lowest BCUT2D eigenvalue weighted by Gasteiger charge is -2.17. The van der Waals surface area contributed by atoms with Crippen molar-refractivity contribution in [2.45, 2.75) is 18.6 Å². The molecular weight excluding hydrogens is 428 g/mol. The normalized spacial score (nSPS) is 12.2. The van der Waals surface area contributed by atoms with Crippen LogP contribution in [0.1, 0.15) is 11.1 Å². The summed E-state index contributed by atoms with van der Waals surface area (Å²) < 4.78 is 21.1. The molecule has 0 aliphatic rings. The number of carbonyl (C=O) groups is 2. The first-order chi connectivity index (χ1) is 15.9. The number of esters is 2. The summed E-state index contributed by atoms with van der Waals surface area (Å²) in [5, 5.41) is 20.0. The second kappa shape index (κ2) is 13.7. The van der Waals surface area contributed by atoms with Crippen molar-refractivity contribution >= 4 is 11.9 Å². The Morgan fingerprint density at radius 3 is 1.52 bits per heavy atom. The van der Waals surface area contributed by atoms with E-state index in [9.17, 15) is 19.8 Å². The summed E-state index contributed by atoms with van der Waals surface area (Å²) in [4.78, 5) is 22.2. The predicted octanol–water partition coefficient (Wildman–Crippen LogP) is 2.22. The van der Waals surface area contributed by atoms with Crippen LogP contribution in [0.4, 0.5) is 0 Å². The molecule has 0 heterocycles. The molecule has 0 aromatic heterocycles. The summed E-state index contributed by atoms with van der Waals surface area (Å²) in [6.45, 7) is 6.08. The number of para-hydroxylation sites is 2. The Bertz CT molecular complexity index is 864. The molecule has 2 aromatic carbocycles. The molecule has 2 rings (SSSR count). The van der Waals surface area contributed by atoms with Gasteiger partial charge in [0.25, 0.3) is 0 Å². The van der Waals surface area contributed by atoms with Gasteiger partial charge in [0.15, 0.2) is 0 Å². The topological polar surface area (TPSA) is 112 Å². The summed E-state index contributed by atoms with van der Waals surface area (Å²) in [6.07, 6.45) is 0.531. The highest BCUT2D eigenvalue weighted by Crippen LogP contribution is 2.26. The number of aliphatic hydroxyl groups is 2. The van der Waals surface area contributed by atoms with E-state index in [-0.39, 0.29) is 26.4 Å². The quantitative estimate of drug-likeness (QED) is 0.329. The van der Waals surface area contributed by atoms with E-state index in [2.05, 4.69) is 13.2 Å². The van der Waals surface area contributed by atoms with Crippen LogP contribution in [-0.2, 0) is 25.5 Å². The van der Waals surface area contributed by atoms with E-state index < -0.39 is 24.1 Å². The van der Waals surface area contributed by atoms with E-state index >= 15 is 0 Å². The van der Waals surface area contributed by atoms with E-state index in [1.54, 1.807) is 12.1 Å². The zero-order chi connectivity index (χ0) is 24.1. The first-order valence-corrected chi connectivity index (χ1v) is 10.3. The van der Waals surface area contributed by atoms with Crippen molar-refractivity contribution in [3.63, 3.8) is 0 Å². The van der Waals surface area contributed by atoms with Crippen LogP contribution in [0.25, 0.3) is 0 Å². The third-order valence-corrected chi connectivity index (χ3v) is 4.36. The molecule has 2 atom stereocenters. The molecule has 0 radical (unpaired) electrons. The van der Waals surface area contributed by atoms with Crippen LogP contribution in [0, 0.1) is 0 Å². The highest BCUT2D eigenvalue weighted by atomic mass is 16.6. The van der Waals surface area contributed by atoms with Crippen molar-refractivity contribution in [1.82, 2.24) is 0 Å². The van der Waals surface area contributed by atoms with Gasteiger partial charge in [0.05, 0.1) is 0 Å². The van der Waals surface area contributed by atoms with Crippen LogP contribution in [0.3, 0.4) is 0 Å². The number of carbonyl (C=O) groups excluding carboxylic acids is 2. The number of hydrogen-bond acceptors (Lipinski definition) is 8. The largest absolute Gasteiger partial charge is 0.490 e. The Labute approximate surface area is 192 Å². The highest BCUT2D eigenvalue weighted by Gasteiger charge is 2.13. The maximum absolute atomic E-state index is 11.1. The Balaban J connectivity index is 1.98. The fraction of sp³-hybridized carbons (Fsp3) is 0.280. The zero-order valence-corrected chi connectivity index (χ0v) is 18.2. The number of rotatable bonds is 14. The van der Waals surface area contributed by atoms with Crippen LogP contribution < -0.4 is 9.47 Å². The van der Waals surface area contributed by atoms with Gasteiger partial charge in [-0.1, -0.05) is 49.6 Å². The van der Waals surface area contributed by atoms with E-state index in [0.29, 0.717) is 17.9 Å². The number of benzene rings is 2. The third-order valence-electron chi connectivity index (χ3n) is 4.36. The molecule has 0 aliphatic heterocycles. The van der Waals surface area contributed by atoms with Crippen molar-refractivity contribution in [3.05, 3.63) is 85.0 Å². The average molecular weight is 456 g/mol. The molecule has 2 unspecified atom stereocenters. The van der Waals surface area contributed by atoms with Crippen LogP contribution in [0.5, 0.6) is 11.5 Å². The summed E-state index contributed by atoms with van der Waals surface area (Å²) in [7, 11) is 0. The van der Waals surface area contributed by atoms with Crippen molar-refractivity contribution in [2.75, 3.05) is 26.4 Å². The molecule has 33 heavy (non-hydrogen) atoms. The minimum atomic E-state index is -0.991. The summed E-state index contributed by atoms with van der Waals surface area (Å²) in [5.74, 6) is -0.0966. The fourth-order valence-electron chi connectivity index (χ4n) is 2.73. The Kier molecular flexibility index (Phi) is 10.7. The highest BCUT2D eigenvalue weighted by molar-refractivity contribution is 5.81. The van der Waals surface area contributed by atoms with Crippen molar-refractivity contribution < 1.29 is 38.7 Å². The van der Waals surface area contributed by atoms with Crippen molar-refractivity contribution in [3.8, 4) is 11.5 Å². The smallest absolute Gasteiger partial charge is 0.330 e. The van der Waals surface area contributed by atoms with Gasteiger partial charge in [-0.3, -0.25) is 0 Å². The molecule has 0 saturated carbocycles. The summed E-state index contributed by atoms with van der Waals surface area (Å²) >= 11 is 0. The molecule has 0 bridgehead atoms. The van der Waals surface area contributed by atoms with Gasteiger partial charge >= 0.3 is 11.9 Å². The Hall–Kier alpha value is -3.62. The lowest BCUT2D eigenvalue weighted by molar-refractivity contribution is -0.142. The van der Waals surface area contributed by atoms with Crippen LogP contribution in [0.15, 0.2) is 73.8 Å². The maximum atomic E-state index is 11.1. The second-order valence-corrected chi connectivity index (χ2v) is 6.99.